The monoisotopic (exact) mass is 223 g/mol. The van der Waals surface area contributed by atoms with Crippen LogP contribution in [0.5, 0.6) is 0 Å². The highest BCUT2D eigenvalue weighted by Crippen LogP contribution is 2.30. The fourth-order valence-corrected chi connectivity index (χ4v) is 2.59. The Hall–Kier alpha value is -1.07. The summed E-state index contributed by atoms with van der Waals surface area (Å²) in [7, 11) is 0. The molecular weight excluding hydrogens is 214 g/mol. The average molecular weight is 223 g/mol. The fourth-order valence-electron chi connectivity index (χ4n) is 1.03. The summed E-state index contributed by atoms with van der Waals surface area (Å²) in [5.41, 5.74) is 7.40. The van der Waals surface area contributed by atoms with E-state index in [2.05, 4.69) is 9.97 Å². The van der Waals surface area contributed by atoms with E-state index in [0.29, 0.717) is 5.69 Å². The maximum absolute atomic E-state index is 5.62. The van der Waals surface area contributed by atoms with Crippen molar-refractivity contribution in [2.75, 3.05) is 5.73 Å². The maximum atomic E-state index is 5.62. The highest BCUT2D eigenvalue weighted by Gasteiger charge is 2.04. The van der Waals surface area contributed by atoms with Crippen LogP contribution in [0, 0.1) is 6.92 Å². The fraction of sp³-hybridized carbons (Fsp3) is 0.111. The molecule has 0 aliphatic carbocycles. The van der Waals surface area contributed by atoms with E-state index in [1.165, 1.54) is 0 Å². The van der Waals surface area contributed by atoms with E-state index in [-0.39, 0.29) is 0 Å². The standard InChI is InChI=1S/C9H9N3S2/c1-6-4-7(10)5-12-8(6)14-9-11-2-3-13-9/h2-5H,10H2,1H3. The zero-order chi connectivity index (χ0) is 9.97. The Balaban J connectivity index is 2.25. The first kappa shape index (κ1) is 9.48. The third-order valence-corrected chi connectivity index (χ3v) is 3.65. The molecule has 72 valence electrons. The molecule has 2 heterocycles. The number of hydrogen-bond acceptors (Lipinski definition) is 5. The molecule has 0 spiro atoms. The van der Waals surface area contributed by atoms with Crippen molar-refractivity contribution in [2.45, 2.75) is 16.3 Å². The summed E-state index contributed by atoms with van der Waals surface area (Å²) in [6.07, 6.45) is 3.46. The second kappa shape index (κ2) is 3.98. The second-order valence-electron chi connectivity index (χ2n) is 2.79. The third-order valence-electron chi connectivity index (χ3n) is 1.65. The Morgan fingerprint density at radius 2 is 2.29 bits per heavy atom. The van der Waals surface area contributed by atoms with Crippen LogP contribution < -0.4 is 5.73 Å². The van der Waals surface area contributed by atoms with Gasteiger partial charge in [-0.05, 0) is 30.3 Å². The lowest BCUT2D eigenvalue weighted by molar-refractivity contribution is 1.08. The summed E-state index contributed by atoms with van der Waals surface area (Å²) in [4.78, 5) is 8.44. The lowest BCUT2D eigenvalue weighted by Crippen LogP contribution is -1.90. The Morgan fingerprint density at radius 3 is 2.93 bits per heavy atom. The number of nitrogen functional groups attached to an aromatic ring is 1. The molecule has 2 aromatic rings. The van der Waals surface area contributed by atoms with Crippen LogP contribution in [0.1, 0.15) is 5.56 Å². The second-order valence-corrected chi connectivity index (χ2v) is 4.92. The molecule has 2 N–H and O–H groups in total. The quantitative estimate of drug-likeness (QED) is 0.850. The highest BCUT2D eigenvalue weighted by molar-refractivity contribution is 8.01. The molecule has 5 heteroatoms. The van der Waals surface area contributed by atoms with Crippen molar-refractivity contribution < 1.29 is 0 Å². The van der Waals surface area contributed by atoms with Crippen LogP contribution in [0.4, 0.5) is 5.69 Å². The van der Waals surface area contributed by atoms with Crippen molar-refractivity contribution in [2.24, 2.45) is 0 Å². The van der Waals surface area contributed by atoms with Gasteiger partial charge >= 0.3 is 0 Å². The summed E-state index contributed by atoms with van der Waals surface area (Å²) >= 11 is 3.18. The molecule has 14 heavy (non-hydrogen) atoms. The minimum absolute atomic E-state index is 0.700. The number of aryl methyl sites for hydroxylation is 1. The number of nitrogens with two attached hydrogens (primary N) is 1. The SMILES string of the molecule is Cc1cc(N)cnc1Sc1nccs1. The van der Waals surface area contributed by atoms with Crippen LogP contribution >= 0.6 is 23.1 Å². The number of pyridine rings is 1. The first-order chi connectivity index (χ1) is 6.75. The summed E-state index contributed by atoms with van der Waals surface area (Å²) < 4.78 is 1.00. The van der Waals surface area contributed by atoms with Gasteiger partial charge in [-0.2, -0.15) is 0 Å². The van der Waals surface area contributed by atoms with E-state index in [9.17, 15) is 0 Å². The minimum Gasteiger partial charge on any atom is -0.397 e. The number of anilines is 1. The van der Waals surface area contributed by atoms with E-state index >= 15 is 0 Å². The largest absolute Gasteiger partial charge is 0.397 e. The van der Waals surface area contributed by atoms with Gasteiger partial charge in [0.2, 0.25) is 0 Å². The van der Waals surface area contributed by atoms with Crippen molar-refractivity contribution in [3.05, 3.63) is 29.4 Å². The van der Waals surface area contributed by atoms with Gasteiger partial charge in [0.15, 0.2) is 4.34 Å². The van der Waals surface area contributed by atoms with E-state index in [1.54, 1.807) is 35.5 Å². The summed E-state index contributed by atoms with van der Waals surface area (Å²) in [6, 6.07) is 1.92. The number of rotatable bonds is 2. The van der Waals surface area contributed by atoms with Crippen molar-refractivity contribution in [1.29, 1.82) is 0 Å². The van der Waals surface area contributed by atoms with Gasteiger partial charge in [0, 0.05) is 11.6 Å². The molecule has 0 bridgehead atoms. The lowest BCUT2D eigenvalue weighted by atomic mass is 10.3. The average Bonchev–Trinajstić information content (AvgIpc) is 2.62. The van der Waals surface area contributed by atoms with Gasteiger partial charge in [0.25, 0.3) is 0 Å². The van der Waals surface area contributed by atoms with E-state index in [1.807, 2.05) is 18.4 Å². The molecule has 2 aromatic heterocycles. The van der Waals surface area contributed by atoms with Crippen LogP contribution in [0.15, 0.2) is 33.2 Å². The van der Waals surface area contributed by atoms with Crippen LogP contribution in [0.25, 0.3) is 0 Å². The molecular formula is C9H9N3S2. The highest BCUT2D eigenvalue weighted by atomic mass is 32.2. The van der Waals surface area contributed by atoms with Crippen LogP contribution in [0.2, 0.25) is 0 Å². The molecule has 0 aliphatic rings. The van der Waals surface area contributed by atoms with Crippen molar-refractivity contribution in [1.82, 2.24) is 9.97 Å². The lowest BCUT2D eigenvalue weighted by Gasteiger charge is -2.02. The molecule has 2 rings (SSSR count). The number of nitrogens with zero attached hydrogens (tertiary/aromatic N) is 2. The molecule has 0 unspecified atom stereocenters. The zero-order valence-electron chi connectivity index (χ0n) is 7.60. The number of hydrogen-bond donors (Lipinski definition) is 1. The maximum Gasteiger partial charge on any atom is 0.156 e. The van der Waals surface area contributed by atoms with Gasteiger partial charge in [-0.3, -0.25) is 0 Å². The van der Waals surface area contributed by atoms with Gasteiger partial charge in [0.05, 0.1) is 11.9 Å². The Morgan fingerprint density at radius 1 is 1.43 bits per heavy atom. The molecule has 0 aromatic carbocycles. The normalized spacial score (nSPS) is 10.4. The Labute approximate surface area is 90.4 Å². The summed E-state index contributed by atoms with van der Waals surface area (Å²) in [5, 5.41) is 2.92. The molecule has 0 aliphatic heterocycles. The van der Waals surface area contributed by atoms with Crippen LogP contribution in [0.3, 0.4) is 0 Å². The van der Waals surface area contributed by atoms with Gasteiger partial charge in [-0.1, -0.05) is 0 Å². The molecule has 0 saturated heterocycles. The topological polar surface area (TPSA) is 51.8 Å². The first-order valence-electron chi connectivity index (χ1n) is 4.05. The van der Waals surface area contributed by atoms with Crippen LogP contribution in [-0.2, 0) is 0 Å². The number of thiazole rings is 1. The van der Waals surface area contributed by atoms with Gasteiger partial charge in [-0.15, -0.1) is 11.3 Å². The van der Waals surface area contributed by atoms with E-state index in [4.69, 9.17) is 5.73 Å². The third kappa shape index (κ3) is 2.05. The Bertz CT molecular complexity index is 426. The summed E-state index contributed by atoms with van der Waals surface area (Å²) in [6.45, 7) is 2.00. The van der Waals surface area contributed by atoms with E-state index in [0.717, 1.165) is 14.9 Å². The molecule has 0 fully saturated rings. The van der Waals surface area contributed by atoms with Crippen molar-refractivity contribution >= 4 is 28.8 Å². The molecule has 0 amide bonds. The smallest absolute Gasteiger partial charge is 0.156 e. The minimum atomic E-state index is 0.700. The predicted molar refractivity (Wildman–Crippen MR) is 59.6 cm³/mol. The predicted octanol–water partition coefficient (Wildman–Crippen LogP) is 2.58. The van der Waals surface area contributed by atoms with Crippen LogP contribution in [-0.4, -0.2) is 9.97 Å². The molecule has 0 saturated carbocycles. The van der Waals surface area contributed by atoms with Gasteiger partial charge in [-0.25, -0.2) is 9.97 Å². The van der Waals surface area contributed by atoms with Crippen molar-refractivity contribution in [3.8, 4) is 0 Å². The molecule has 0 radical (unpaired) electrons. The summed E-state index contributed by atoms with van der Waals surface area (Å²) in [5.74, 6) is 0. The Kier molecular flexibility index (Phi) is 2.69. The number of aromatic nitrogens is 2. The molecule has 0 atom stereocenters. The zero-order valence-corrected chi connectivity index (χ0v) is 9.23. The van der Waals surface area contributed by atoms with Crippen molar-refractivity contribution in [3.63, 3.8) is 0 Å². The van der Waals surface area contributed by atoms with Gasteiger partial charge in [0.1, 0.15) is 5.03 Å². The van der Waals surface area contributed by atoms with E-state index < -0.39 is 0 Å². The first-order valence-corrected chi connectivity index (χ1v) is 5.75. The van der Waals surface area contributed by atoms with Gasteiger partial charge < -0.3 is 5.73 Å². The molecule has 3 nitrogen and oxygen atoms in total.